The Morgan fingerprint density at radius 3 is 2.40 bits per heavy atom. The van der Waals surface area contributed by atoms with Crippen molar-refractivity contribution in [2.45, 2.75) is 174 Å². The first kappa shape index (κ1) is 50.7. The van der Waals surface area contributed by atoms with Crippen molar-refractivity contribution in [2.24, 2.45) is 40.5 Å². The van der Waals surface area contributed by atoms with Crippen molar-refractivity contribution >= 4 is 35.6 Å². The predicted molar refractivity (Wildman–Crippen MR) is 233 cm³/mol. The molecular weight excluding hydrogens is 813 g/mol. The van der Waals surface area contributed by atoms with Gasteiger partial charge in [0.05, 0.1) is 31.0 Å². The summed E-state index contributed by atoms with van der Waals surface area (Å²) in [7, 11) is 3.05. The van der Waals surface area contributed by atoms with E-state index in [-0.39, 0.29) is 75.1 Å². The standard InChI is InChI=1S/C48H74N2O13/c1-10-34-25-33(14-15-38(34)61-27-41(53)60-11-2)23-30(5)42-32(7)36(51)26-37(52)35-16-18-49-47(46(56)62-42)17-12-13-19-50(47)45(55)44(54)48(57)31(6)24-40(59-9)43(63-48)39(58-8)22-29(4)20-28(3)21-35/h18,21,23,29,31-36,38-40,42-43,51,57H,10-17,19-20,22,24-27H2,1-9H3/b28-21+,30-23+,49-18-/t29-,31+,32+,33-,34?,35+,36-,38+,39-,40-,42+,43+,47-,48+/m0/s1. The first-order valence-corrected chi connectivity index (χ1v) is 23.3. The summed E-state index contributed by atoms with van der Waals surface area (Å²) >= 11 is 0. The maximum absolute atomic E-state index is 15.1. The molecule has 0 aromatic rings. The lowest BCUT2D eigenvalue weighted by Gasteiger charge is -2.48. The molecule has 5 rings (SSSR count). The van der Waals surface area contributed by atoms with Crippen LogP contribution in [0.3, 0.4) is 0 Å². The van der Waals surface area contributed by atoms with Gasteiger partial charge in [-0.3, -0.25) is 19.4 Å². The third kappa shape index (κ3) is 11.6. The highest BCUT2D eigenvalue weighted by atomic mass is 16.7. The second-order valence-corrected chi connectivity index (χ2v) is 19.0. The molecule has 2 N–H and O–H groups in total. The zero-order valence-corrected chi connectivity index (χ0v) is 39.0. The summed E-state index contributed by atoms with van der Waals surface area (Å²) in [5.41, 5.74) is -0.427. The van der Waals surface area contributed by atoms with E-state index in [2.05, 4.69) is 13.0 Å². The van der Waals surface area contributed by atoms with E-state index in [4.69, 9.17) is 33.4 Å². The number of aliphatic hydroxyl groups is 2. The van der Waals surface area contributed by atoms with Gasteiger partial charge in [0, 0.05) is 57.6 Å². The molecule has 4 heterocycles. The Balaban J connectivity index is 1.58. The normalized spacial score (nSPS) is 40.5. The Morgan fingerprint density at radius 1 is 1.00 bits per heavy atom. The topological polar surface area (TPSA) is 197 Å². The molecule has 15 nitrogen and oxygen atoms in total. The van der Waals surface area contributed by atoms with E-state index >= 15 is 4.79 Å². The summed E-state index contributed by atoms with van der Waals surface area (Å²) in [5, 5.41) is 24.1. The number of aliphatic hydroxyl groups excluding tert-OH is 1. The van der Waals surface area contributed by atoms with Gasteiger partial charge in [0.25, 0.3) is 11.7 Å². The molecule has 0 radical (unpaired) electrons. The van der Waals surface area contributed by atoms with Gasteiger partial charge in [-0.15, -0.1) is 0 Å². The summed E-state index contributed by atoms with van der Waals surface area (Å²) in [4.78, 5) is 76.7. The monoisotopic (exact) mass is 887 g/mol. The Bertz CT molecular complexity index is 1730. The lowest BCUT2D eigenvalue weighted by molar-refractivity contribution is -0.302. The van der Waals surface area contributed by atoms with Crippen molar-refractivity contribution in [3.63, 3.8) is 0 Å². The number of allylic oxidation sites excluding steroid dienone is 3. The SMILES string of the molecule is CCOC(=O)CO[C@@H]1CC[C@@H](/C=C(\C)[C@H]2OC(=O)[C@]34CCCCN3C(=O)C(=O)[C@]3(O)O[C@H]([C@@H](OC)C[C@@H](C)C/C(C)=C/[C@@H](C/C=N\4)C(=O)C[C@H](O)[C@H]2C)[C@@H](OC)C[C@H]3C)CC1CC. The van der Waals surface area contributed by atoms with Crippen LogP contribution in [0.4, 0.5) is 0 Å². The Labute approximate surface area is 373 Å². The number of methoxy groups -OCH3 is 2. The molecule has 354 valence electrons. The number of ether oxygens (including phenoxy) is 6. The van der Waals surface area contributed by atoms with E-state index in [0.29, 0.717) is 37.7 Å². The molecule has 3 fully saturated rings. The number of hydrogen-bond donors (Lipinski definition) is 2. The molecular formula is C48H74N2O13. The number of amides is 1. The van der Waals surface area contributed by atoms with E-state index in [9.17, 15) is 29.4 Å². The second-order valence-electron chi connectivity index (χ2n) is 19.0. The maximum atomic E-state index is 15.1. The molecule has 0 aromatic carbocycles. The molecule has 15 heteroatoms. The molecule has 4 aliphatic heterocycles. The molecule has 1 saturated carbocycles. The number of Topliss-reactive ketones (excluding diaryl/α,β-unsaturated/α-hetero) is 2. The summed E-state index contributed by atoms with van der Waals surface area (Å²) < 4.78 is 35.6. The Hall–Kier alpha value is -3.34. The number of nitrogens with zero attached hydrogens (tertiary/aromatic N) is 2. The van der Waals surface area contributed by atoms with Gasteiger partial charge >= 0.3 is 11.9 Å². The third-order valence-electron chi connectivity index (χ3n) is 14.3. The zero-order chi connectivity index (χ0) is 46.2. The molecule has 2 saturated heterocycles. The van der Waals surface area contributed by atoms with Crippen LogP contribution in [-0.4, -0.2) is 133 Å². The van der Waals surface area contributed by atoms with Crippen molar-refractivity contribution in [3.8, 4) is 0 Å². The minimum Gasteiger partial charge on any atom is -0.464 e. The van der Waals surface area contributed by atoms with Gasteiger partial charge in [0.1, 0.15) is 24.6 Å². The van der Waals surface area contributed by atoms with Gasteiger partial charge in [0.2, 0.25) is 11.4 Å². The second kappa shape index (κ2) is 22.2. The van der Waals surface area contributed by atoms with E-state index in [0.717, 1.165) is 29.7 Å². The number of aliphatic imine (C=N–C) groups is 1. The van der Waals surface area contributed by atoms with E-state index in [1.807, 2.05) is 26.8 Å². The Kier molecular flexibility index (Phi) is 17.9. The lowest BCUT2D eigenvalue weighted by atomic mass is 9.76. The van der Waals surface area contributed by atoms with Crippen LogP contribution >= 0.6 is 0 Å². The van der Waals surface area contributed by atoms with Crippen molar-refractivity contribution in [3.05, 3.63) is 23.3 Å². The first-order valence-electron chi connectivity index (χ1n) is 23.3. The summed E-state index contributed by atoms with van der Waals surface area (Å²) in [6, 6.07) is 0. The van der Waals surface area contributed by atoms with Gasteiger partial charge in [-0.2, -0.15) is 0 Å². The summed E-state index contributed by atoms with van der Waals surface area (Å²) in [5.74, 6) is -8.55. The Morgan fingerprint density at radius 2 is 1.71 bits per heavy atom. The molecule has 1 amide bonds. The lowest BCUT2D eigenvalue weighted by Crippen LogP contribution is -2.67. The fourth-order valence-corrected chi connectivity index (χ4v) is 10.7. The number of ketones is 2. The molecule has 0 aromatic heterocycles. The molecule has 1 unspecified atom stereocenters. The smallest absolute Gasteiger partial charge is 0.355 e. The number of carbonyl (C=O) groups excluding carboxylic acids is 5. The van der Waals surface area contributed by atoms with Gasteiger partial charge < -0.3 is 43.5 Å². The zero-order valence-electron chi connectivity index (χ0n) is 39.0. The van der Waals surface area contributed by atoms with E-state index in [1.165, 1.54) is 20.4 Å². The van der Waals surface area contributed by atoms with Gasteiger partial charge in [-0.25, -0.2) is 9.59 Å². The molecule has 1 spiro atoms. The largest absolute Gasteiger partial charge is 0.464 e. The van der Waals surface area contributed by atoms with Crippen molar-refractivity contribution < 1.29 is 62.6 Å². The molecule has 1 aliphatic carbocycles. The van der Waals surface area contributed by atoms with Crippen LogP contribution in [0.2, 0.25) is 0 Å². The highest BCUT2D eigenvalue weighted by Crippen LogP contribution is 2.41. The predicted octanol–water partition coefficient (Wildman–Crippen LogP) is 5.46. The highest BCUT2D eigenvalue weighted by Gasteiger charge is 2.59. The number of fused-ring (bicyclic) bond motifs is 4. The molecule has 63 heavy (non-hydrogen) atoms. The van der Waals surface area contributed by atoms with Crippen molar-refractivity contribution in [2.75, 3.05) is 34.0 Å². The summed E-state index contributed by atoms with van der Waals surface area (Å²) in [6.07, 6.45) is 6.03. The van der Waals surface area contributed by atoms with E-state index < -0.39 is 83.4 Å². The minimum atomic E-state index is -2.57. The maximum Gasteiger partial charge on any atom is 0.355 e. The summed E-state index contributed by atoms with van der Waals surface area (Å²) in [6.45, 7) is 13.2. The van der Waals surface area contributed by atoms with Crippen LogP contribution in [0.5, 0.6) is 0 Å². The minimum absolute atomic E-state index is 0.00397. The average Bonchev–Trinajstić information content (AvgIpc) is 3.25. The first-order chi connectivity index (χ1) is 29.9. The number of hydrogen-bond acceptors (Lipinski definition) is 14. The van der Waals surface area contributed by atoms with Crippen LogP contribution in [0.15, 0.2) is 28.3 Å². The van der Waals surface area contributed by atoms with Crippen LogP contribution in [-0.2, 0) is 52.4 Å². The van der Waals surface area contributed by atoms with Gasteiger partial charge in [-0.1, -0.05) is 51.8 Å². The van der Waals surface area contributed by atoms with Crippen LogP contribution in [0, 0.1) is 35.5 Å². The number of piperidine rings is 1. The van der Waals surface area contributed by atoms with E-state index in [1.54, 1.807) is 20.8 Å². The number of cyclic esters (lactones) is 1. The number of esters is 2. The van der Waals surface area contributed by atoms with Crippen LogP contribution in [0.25, 0.3) is 0 Å². The highest BCUT2D eigenvalue weighted by molar-refractivity contribution is 6.39. The number of rotatable bonds is 9. The third-order valence-corrected chi connectivity index (χ3v) is 14.3. The molecule has 14 atom stereocenters. The molecule has 5 aliphatic rings. The fourth-order valence-electron chi connectivity index (χ4n) is 10.7. The number of carbonyl (C=O) groups is 5. The average molecular weight is 887 g/mol. The quantitative estimate of drug-likeness (QED) is 0.168. The van der Waals surface area contributed by atoms with Crippen LogP contribution in [0.1, 0.15) is 126 Å². The fraction of sp³-hybridized carbons (Fsp3) is 0.792. The van der Waals surface area contributed by atoms with Crippen molar-refractivity contribution in [1.29, 1.82) is 0 Å². The van der Waals surface area contributed by atoms with Gasteiger partial charge in [-0.05, 0) is 102 Å². The van der Waals surface area contributed by atoms with Crippen LogP contribution < -0.4 is 0 Å². The van der Waals surface area contributed by atoms with Crippen molar-refractivity contribution in [1.82, 2.24) is 4.90 Å². The van der Waals surface area contributed by atoms with Gasteiger partial charge in [0.15, 0.2) is 0 Å². The molecule has 4 bridgehead atoms.